The first-order valence-electron chi connectivity index (χ1n) is 5.66. The molecule has 0 unspecified atom stereocenters. The number of benzene rings is 1. The van der Waals surface area contributed by atoms with Gasteiger partial charge in [-0.25, -0.2) is 4.39 Å². The van der Waals surface area contributed by atoms with Crippen LogP contribution in [0.4, 0.5) is 10.1 Å². The van der Waals surface area contributed by atoms with E-state index in [0.717, 1.165) is 19.1 Å². The van der Waals surface area contributed by atoms with Gasteiger partial charge in [0.1, 0.15) is 11.4 Å². The van der Waals surface area contributed by atoms with Crippen LogP contribution in [-0.2, 0) is 14.4 Å². The Morgan fingerprint density at radius 3 is 2.05 bits per heavy atom. The highest BCUT2D eigenvalue weighted by Gasteiger charge is 2.21. The third-order valence-electron chi connectivity index (χ3n) is 2.24. The third-order valence-corrected chi connectivity index (χ3v) is 2.24. The van der Waals surface area contributed by atoms with Crippen LogP contribution in [0.1, 0.15) is 13.8 Å². The van der Waals surface area contributed by atoms with E-state index in [9.17, 15) is 18.8 Å². The summed E-state index contributed by atoms with van der Waals surface area (Å²) in [6.45, 7) is 2.50. The lowest BCUT2D eigenvalue weighted by atomic mass is 10.1. The maximum Gasteiger partial charge on any atom is 0.265 e. The zero-order valence-electron chi connectivity index (χ0n) is 11.0. The molecule has 0 bridgehead atoms. The first-order valence-corrected chi connectivity index (χ1v) is 5.66. The van der Waals surface area contributed by atoms with Crippen molar-refractivity contribution in [3.8, 4) is 0 Å². The summed E-state index contributed by atoms with van der Waals surface area (Å²) in [5.41, 5.74) is 5.37. The van der Waals surface area contributed by atoms with Crippen LogP contribution in [-0.4, -0.2) is 17.7 Å². The van der Waals surface area contributed by atoms with Crippen LogP contribution in [0, 0.1) is 5.82 Å². The molecule has 0 spiro atoms. The van der Waals surface area contributed by atoms with Crippen molar-refractivity contribution < 1.29 is 18.8 Å². The fraction of sp³-hybridized carbons (Fsp3) is 0.154. The molecule has 1 rings (SSSR count). The van der Waals surface area contributed by atoms with Crippen LogP contribution in [0.2, 0.25) is 0 Å². The number of carbonyl (C=O) groups excluding carboxylic acids is 3. The average molecular weight is 279 g/mol. The van der Waals surface area contributed by atoms with Crippen molar-refractivity contribution in [2.45, 2.75) is 13.8 Å². The van der Waals surface area contributed by atoms with E-state index in [-0.39, 0.29) is 11.3 Å². The largest absolute Gasteiger partial charge is 0.401 e. The highest BCUT2D eigenvalue weighted by molar-refractivity contribution is 6.25. The molecule has 0 aliphatic heterocycles. The molecule has 0 radical (unpaired) electrons. The Labute approximate surface area is 114 Å². The van der Waals surface area contributed by atoms with Crippen LogP contribution in [0.25, 0.3) is 0 Å². The Balaban J connectivity index is 2.91. The summed E-state index contributed by atoms with van der Waals surface area (Å²) in [5.74, 6) is -2.74. The topological polar surface area (TPSA) is 101 Å². The minimum Gasteiger partial charge on any atom is -0.401 e. The summed E-state index contributed by atoms with van der Waals surface area (Å²) in [4.78, 5) is 34.5. The summed E-state index contributed by atoms with van der Waals surface area (Å²) < 4.78 is 12.7. The van der Waals surface area contributed by atoms with E-state index in [1.165, 1.54) is 19.1 Å². The lowest BCUT2D eigenvalue weighted by Crippen LogP contribution is -2.35. The Bertz CT molecular complexity index is 575. The Morgan fingerprint density at radius 1 is 1.05 bits per heavy atom. The van der Waals surface area contributed by atoms with Gasteiger partial charge in [0, 0.05) is 18.3 Å². The van der Waals surface area contributed by atoms with E-state index in [4.69, 9.17) is 5.73 Å². The van der Waals surface area contributed by atoms with Gasteiger partial charge in [0.15, 0.2) is 0 Å². The Hall–Kier alpha value is -2.70. The SMILES string of the molecule is CC(=O)NC(=O)/C(C(=O)Nc1ccc(F)cc1)=C(\C)N. The smallest absolute Gasteiger partial charge is 0.265 e. The number of anilines is 1. The second kappa shape index (κ2) is 6.46. The molecule has 1 aromatic rings. The van der Waals surface area contributed by atoms with Crippen LogP contribution in [0.15, 0.2) is 35.5 Å². The van der Waals surface area contributed by atoms with E-state index in [0.29, 0.717) is 5.69 Å². The summed E-state index contributed by atoms with van der Waals surface area (Å²) in [7, 11) is 0. The Morgan fingerprint density at radius 2 is 1.60 bits per heavy atom. The zero-order chi connectivity index (χ0) is 15.3. The number of imide groups is 1. The number of nitrogens with one attached hydrogen (secondary N) is 2. The summed E-state index contributed by atoms with van der Waals surface area (Å²) in [6.07, 6.45) is 0. The van der Waals surface area contributed by atoms with Crippen molar-refractivity contribution in [3.63, 3.8) is 0 Å². The van der Waals surface area contributed by atoms with Gasteiger partial charge >= 0.3 is 0 Å². The molecule has 106 valence electrons. The van der Waals surface area contributed by atoms with E-state index < -0.39 is 23.5 Å². The predicted octanol–water partition coefficient (Wildman–Crippen LogP) is 0.660. The highest BCUT2D eigenvalue weighted by Crippen LogP contribution is 2.11. The van der Waals surface area contributed by atoms with Crippen molar-refractivity contribution >= 4 is 23.4 Å². The average Bonchev–Trinajstić information content (AvgIpc) is 2.30. The van der Waals surface area contributed by atoms with Gasteiger partial charge in [0.25, 0.3) is 11.8 Å². The number of rotatable bonds is 3. The summed E-state index contributed by atoms with van der Waals surface area (Å²) in [6, 6.07) is 4.98. The van der Waals surface area contributed by atoms with E-state index in [1.54, 1.807) is 0 Å². The summed E-state index contributed by atoms with van der Waals surface area (Å²) in [5, 5.41) is 4.35. The van der Waals surface area contributed by atoms with Gasteiger partial charge < -0.3 is 11.1 Å². The third kappa shape index (κ3) is 4.20. The molecular weight excluding hydrogens is 265 g/mol. The van der Waals surface area contributed by atoms with E-state index >= 15 is 0 Å². The fourth-order valence-electron chi connectivity index (χ4n) is 1.41. The van der Waals surface area contributed by atoms with E-state index in [2.05, 4.69) is 5.32 Å². The molecule has 7 heteroatoms. The molecule has 0 heterocycles. The van der Waals surface area contributed by atoms with Crippen LogP contribution < -0.4 is 16.4 Å². The lowest BCUT2D eigenvalue weighted by molar-refractivity contribution is -0.128. The van der Waals surface area contributed by atoms with Crippen molar-refractivity contribution in [1.82, 2.24) is 5.32 Å². The number of halogens is 1. The van der Waals surface area contributed by atoms with Crippen LogP contribution in [0.5, 0.6) is 0 Å². The Kier molecular flexibility index (Phi) is 4.96. The maximum absolute atomic E-state index is 12.7. The molecule has 0 fully saturated rings. The van der Waals surface area contributed by atoms with Gasteiger partial charge in [-0.05, 0) is 31.2 Å². The number of nitrogens with two attached hydrogens (primary N) is 1. The number of allylic oxidation sites excluding steroid dienone is 1. The second-order valence-corrected chi connectivity index (χ2v) is 4.03. The zero-order valence-corrected chi connectivity index (χ0v) is 11.0. The molecule has 0 saturated carbocycles. The minimum atomic E-state index is -0.892. The molecule has 0 aliphatic carbocycles. The lowest BCUT2D eigenvalue weighted by Gasteiger charge is -2.10. The van der Waals surface area contributed by atoms with Gasteiger partial charge in [0.2, 0.25) is 5.91 Å². The predicted molar refractivity (Wildman–Crippen MR) is 70.7 cm³/mol. The quantitative estimate of drug-likeness (QED) is 0.430. The summed E-state index contributed by atoms with van der Waals surface area (Å²) >= 11 is 0. The second-order valence-electron chi connectivity index (χ2n) is 4.03. The van der Waals surface area contributed by atoms with Crippen molar-refractivity contribution in [3.05, 3.63) is 41.4 Å². The highest BCUT2D eigenvalue weighted by atomic mass is 19.1. The van der Waals surface area contributed by atoms with Crippen LogP contribution >= 0.6 is 0 Å². The van der Waals surface area contributed by atoms with E-state index in [1.807, 2.05) is 5.32 Å². The number of amides is 3. The number of hydrogen-bond donors (Lipinski definition) is 3. The standard InChI is InChI=1S/C13H14FN3O3/c1-7(15)11(12(19)16-8(2)18)13(20)17-10-5-3-9(14)4-6-10/h3-6H,15H2,1-2H3,(H,17,20)(H,16,18,19)/b11-7-. The monoisotopic (exact) mass is 279 g/mol. The van der Waals surface area contributed by atoms with Crippen molar-refractivity contribution in [2.75, 3.05) is 5.32 Å². The van der Waals surface area contributed by atoms with Gasteiger partial charge in [-0.15, -0.1) is 0 Å². The minimum absolute atomic E-state index is 0.0386. The van der Waals surface area contributed by atoms with Crippen LogP contribution in [0.3, 0.4) is 0 Å². The first-order chi connectivity index (χ1) is 9.31. The van der Waals surface area contributed by atoms with Gasteiger partial charge in [-0.3, -0.25) is 19.7 Å². The molecule has 6 nitrogen and oxygen atoms in total. The molecule has 4 N–H and O–H groups in total. The molecule has 1 aromatic carbocycles. The van der Waals surface area contributed by atoms with Gasteiger partial charge in [-0.1, -0.05) is 0 Å². The molecule has 3 amide bonds. The normalized spacial score (nSPS) is 11.3. The molecule has 0 aliphatic rings. The molecule has 0 aromatic heterocycles. The molecular formula is C13H14FN3O3. The van der Waals surface area contributed by atoms with Crippen molar-refractivity contribution in [1.29, 1.82) is 0 Å². The number of hydrogen-bond acceptors (Lipinski definition) is 4. The fourth-order valence-corrected chi connectivity index (χ4v) is 1.41. The van der Waals surface area contributed by atoms with Gasteiger partial charge in [0.05, 0.1) is 0 Å². The van der Waals surface area contributed by atoms with Gasteiger partial charge in [-0.2, -0.15) is 0 Å². The number of carbonyl (C=O) groups is 3. The van der Waals surface area contributed by atoms with Crippen molar-refractivity contribution in [2.24, 2.45) is 5.73 Å². The maximum atomic E-state index is 12.7. The first kappa shape index (κ1) is 15.4. The molecule has 0 atom stereocenters. The molecule has 20 heavy (non-hydrogen) atoms. The molecule has 0 saturated heterocycles.